The minimum Gasteiger partial charge on any atom is -0.351 e. The zero-order valence-electron chi connectivity index (χ0n) is 14.7. The van der Waals surface area contributed by atoms with Gasteiger partial charge in [0.25, 0.3) is 5.91 Å². The first-order chi connectivity index (χ1) is 11.7. The largest absolute Gasteiger partial charge is 0.351 e. The summed E-state index contributed by atoms with van der Waals surface area (Å²) < 4.78 is 27.1. The van der Waals surface area contributed by atoms with Crippen LogP contribution in [0.3, 0.4) is 0 Å². The molecule has 5 nitrogen and oxygen atoms in total. The SMILES string of the molecule is CC(C)(C)c1ccc(S(=O)(=O)NCCNC(=O)c2ccccc2)cc1. The highest BCUT2D eigenvalue weighted by molar-refractivity contribution is 7.89. The Morgan fingerprint density at radius 1 is 0.920 bits per heavy atom. The second kappa shape index (κ2) is 7.80. The van der Waals surface area contributed by atoms with E-state index in [9.17, 15) is 13.2 Å². The zero-order valence-corrected chi connectivity index (χ0v) is 15.6. The molecule has 0 heterocycles. The molecule has 1 amide bonds. The Bertz CT molecular complexity index is 808. The number of hydrogen-bond acceptors (Lipinski definition) is 3. The van der Waals surface area contributed by atoms with Gasteiger partial charge in [0.05, 0.1) is 4.90 Å². The summed E-state index contributed by atoms with van der Waals surface area (Å²) in [5.74, 6) is -0.227. The molecule has 0 aromatic heterocycles. The molecule has 0 unspecified atom stereocenters. The van der Waals surface area contributed by atoms with Gasteiger partial charge in [-0.1, -0.05) is 51.1 Å². The van der Waals surface area contributed by atoms with Gasteiger partial charge < -0.3 is 5.32 Å². The van der Waals surface area contributed by atoms with E-state index in [0.717, 1.165) is 5.56 Å². The van der Waals surface area contributed by atoms with Crippen LogP contribution in [0.15, 0.2) is 59.5 Å². The predicted molar refractivity (Wildman–Crippen MR) is 99.1 cm³/mol. The van der Waals surface area contributed by atoms with E-state index < -0.39 is 10.0 Å². The molecule has 2 N–H and O–H groups in total. The smallest absolute Gasteiger partial charge is 0.251 e. The summed E-state index contributed by atoms with van der Waals surface area (Å²) in [5, 5.41) is 2.69. The van der Waals surface area contributed by atoms with Crippen LogP contribution in [-0.4, -0.2) is 27.4 Å². The summed E-state index contributed by atoms with van der Waals surface area (Å²) >= 11 is 0. The van der Waals surface area contributed by atoms with E-state index in [2.05, 4.69) is 30.8 Å². The summed E-state index contributed by atoms with van der Waals surface area (Å²) in [4.78, 5) is 12.1. The molecular formula is C19H24N2O3S. The Hall–Kier alpha value is -2.18. The van der Waals surface area contributed by atoms with Crippen LogP contribution in [0.5, 0.6) is 0 Å². The van der Waals surface area contributed by atoms with E-state index in [1.165, 1.54) is 0 Å². The van der Waals surface area contributed by atoms with Crippen LogP contribution in [0.4, 0.5) is 0 Å². The van der Waals surface area contributed by atoms with Crippen molar-refractivity contribution in [1.29, 1.82) is 0 Å². The first-order valence-electron chi connectivity index (χ1n) is 8.13. The van der Waals surface area contributed by atoms with E-state index in [0.29, 0.717) is 5.56 Å². The lowest BCUT2D eigenvalue weighted by molar-refractivity contribution is 0.0954. The first kappa shape index (κ1) is 19.1. The number of carbonyl (C=O) groups excluding carboxylic acids is 1. The van der Waals surface area contributed by atoms with Crippen molar-refractivity contribution >= 4 is 15.9 Å². The lowest BCUT2D eigenvalue weighted by atomic mass is 9.87. The van der Waals surface area contributed by atoms with Gasteiger partial charge in [0.1, 0.15) is 0 Å². The average Bonchev–Trinajstić information content (AvgIpc) is 2.58. The Balaban J connectivity index is 1.88. The van der Waals surface area contributed by atoms with Gasteiger partial charge in [-0.2, -0.15) is 0 Å². The van der Waals surface area contributed by atoms with Crippen LogP contribution in [0.25, 0.3) is 0 Å². The number of carbonyl (C=O) groups is 1. The highest BCUT2D eigenvalue weighted by Crippen LogP contribution is 2.23. The van der Waals surface area contributed by atoms with Crippen molar-refractivity contribution in [2.75, 3.05) is 13.1 Å². The highest BCUT2D eigenvalue weighted by atomic mass is 32.2. The van der Waals surface area contributed by atoms with Crippen LogP contribution < -0.4 is 10.0 Å². The van der Waals surface area contributed by atoms with Crippen molar-refractivity contribution < 1.29 is 13.2 Å². The Morgan fingerprint density at radius 3 is 2.08 bits per heavy atom. The molecule has 0 radical (unpaired) electrons. The van der Waals surface area contributed by atoms with Gasteiger partial charge in [0.15, 0.2) is 0 Å². The van der Waals surface area contributed by atoms with Crippen LogP contribution in [-0.2, 0) is 15.4 Å². The maximum atomic E-state index is 12.3. The van der Waals surface area contributed by atoms with Gasteiger partial charge in [-0.05, 0) is 35.2 Å². The molecule has 0 saturated heterocycles. The number of sulfonamides is 1. The van der Waals surface area contributed by atoms with Crippen molar-refractivity contribution in [2.45, 2.75) is 31.1 Å². The first-order valence-corrected chi connectivity index (χ1v) is 9.62. The van der Waals surface area contributed by atoms with Gasteiger partial charge in [-0.25, -0.2) is 13.1 Å². The molecule has 2 aromatic rings. The molecule has 25 heavy (non-hydrogen) atoms. The van der Waals surface area contributed by atoms with Crippen LogP contribution in [0, 0.1) is 0 Å². The molecule has 0 spiro atoms. The highest BCUT2D eigenvalue weighted by Gasteiger charge is 2.17. The van der Waals surface area contributed by atoms with E-state index in [1.54, 1.807) is 36.4 Å². The van der Waals surface area contributed by atoms with E-state index in [-0.39, 0.29) is 29.3 Å². The fourth-order valence-electron chi connectivity index (χ4n) is 2.27. The molecule has 0 aliphatic heterocycles. The van der Waals surface area contributed by atoms with Crippen molar-refractivity contribution in [3.8, 4) is 0 Å². The summed E-state index contributed by atoms with van der Waals surface area (Å²) in [5.41, 5.74) is 1.59. The molecule has 6 heteroatoms. The Kier molecular flexibility index (Phi) is 5.98. The summed E-state index contributed by atoms with van der Waals surface area (Å²) in [6.07, 6.45) is 0. The van der Waals surface area contributed by atoms with E-state index >= 15 is 0 Å². The minimum atomic E-state index is -3.59. The average molecular weight is 360 g/mol. The zero-order chi connectivity index (χ0) is 18.5. The minimum absolute atomic E-state index is 0.0303. The summed E-state index contributed by atoms with van der Waals surface area (Å²) in [7, 11) is -3.59. The molecule has 0 bridgehead atoms. The topological polar surface area (TPSA) is 75.3 Å². The third kappa shape index (κ3) is 5.41. The third-order valence-electron chi connectivity index (χ3n) is 3.77. The van der Waals surface area contributed by atoms with E-state index in [1.807, 2.05) is 18.2 Å². The maximum Gasteiger partial charge on any atom is 0.251 e. The Morgan fingerprint density at radius 2 is 1.52 bits per heavy atom. The van der Waals surface area contributed by atoms with Crippen molar-refractivity contribution in [2.24, 2.45) is 0 Å². The second-order valence-electron chi connectivity index (χ2n) is 6.79. The molecule has 0 atom stereocenters. The molecular weight excluding hydrogens is 336 g/mol. The van der Waals surface area contributed by atoms with Crippen LogP contribution in [0.2, 0.25) is 0 Å². The van der Waals surface area contributed by atoms with Crippen LogP contribution in [0.1, 0.15) is 36.7 Å². The molecule has 0 aliphatic carbocycles. The number of hydrogen-bond donors (Lipinski definition) is 2. The lowest BCUT2D eigenvalue weighted by Gasteiger charge is -2.19. The molecule has 0 aliphatic rings. The van der Waals surface area contributed by atoms with Crippen molar-refractivity contribution in [1.82, 2.24) is 10.0 Å². The van der Waals surface area contributed by atoms with Gasteiger partial charge >= 0.3 is 0 Å². The lowest BCUT2D eigenvalue weighted by Crippen LogP contribution is -2.34. The number of nitrogens with one attached hydrogen (secondary N) is 2. The standard InChI is InChI=1S/C19H24N2O3S/c1-19(2,3)16-9-11-17(12-10-16)25(23,24)21-14-13-20-18(22)15-7-5-4-6-8-15/h4-12,21H,13-14H2,1-3H3,(H,20,22). The van der Waals surface area contributed by atoms with Gasteiger partial charge in [0.2, 0.25) is 10.0 Å². The third-order valence-corrected chi connectivity index (χ3v) is 5.25. The number of rotatable bonds is 6. The fourth-order valence-corrected chi connectivity index (χ4v) is 3.30. The van der Waals surface area contributed by atoms with Crippen molar-refractivity contribution in [3.05, 3.63) is 65.7 Å². The Labute approximate surface area is 149 Å². The molecule has 134 valence electrons. The molecule has 0 fully saturated rings. The van der Waals surface area contributed by atoms with E-state index in [4.69, 9.17) is 0 Å². The van der Waals surface area contributed by atoms with Gasteiger partial charge in [0, 0.05) is 18.7 Å². The van der Waals surface area contributed by atoms with Crippen LogP contribution >= 0.6 is 0 Å². The maximum absolute atomic E-state index is 12.3. The fraction of sp³-hybridized carbons (Fsp3) is 0.316. The summed E-state index contributed by atoms with van der Waals surface area (Å²) in [6, 6.07) is 15.6. The predicted octanol–water partition coefficient (Wildman–Crippen LogP) is 2.69. The van der Waals surface area contributed by atoms with Gasteiger partial charge in [-0.15, -0.1) is 0 Å². The molecule has 2 rings (SSSR count). The summed E-state index contributed by atoms with van der Waals surface area (Å²) in [6.45, 7) is 6.56. The van der Waals surface area contributed by atoms with Gasteiger partial charge in [-0.3, -0.25) is 4.79 Å². The number of benzene rings is 2. The van der Waals surface area contributed by atoms with Crippen molar-refractivity contribution in [3.63, 3.8) is 0 Å². The normalized spacial score (nSPS) is 12.0. The monoisotopic (exact) mass is 360 g/mol. The number of amides is 1. The second-order valence-corrected chi connectivity index (χ2v) is 8.56. The quantitative estimate of drug-likeness (QED) is 0.778. The molecule has 2 aromatic carbocycles. The molecule has 0 saturated carbocycles.